The highest BCUT2D eigenvalue weighted by Gasteiger charge is 2.27. The van der Waals surface area contributed by atoms with Gasteiger partial charge < -0.3 is 0 Å². The van der Waals surface area contributed by atoms with Crippen molar-refractivity contribution in [2.24, 2.45) is 11.8 Å². The summed E-state index contributed by atoms with van der Waals surface area (Å²) in [7, 11) is 0. The first-order valence-corrected chi connectivity index (χ1v) is 12.4. The van der Waals surface area contributed by atoms with E-state index < -0.39 is 0 Å². The predicted octanol–water partition coefficient (Wildman–Crippen LogP) is 8.14. The number of hydrogen-bond acceptors (Lipinski definition) is 0. The zero-order valence-electron chi connectivity index (χ0n) is 19.3. The third-order valence-corrected chi connectivity index (χ3v) is 7.65. The van der Waals surface area contributed by atoms with E-state index >= 15 is 0 Å². The zero-order chi connectivity index (χ0) is 21.4. The van der Waals surface area contributed by atoms with E-state index in [0.29, 0.717) is 5.92 Å². The number of hydrogen-bond donors (Lipinski definition) is 0. The Morgan fingerprint density at radius 2 is 1.81 bits per heavy atom. The molecular weight excluding hydrogens is 372 g/mol. The maximum atomic E-state index is 4.56. The monoisotopic (exact) mass is 408 g/mol. The highest BCUT2D eigenvalue weighted by Crippen LogP contribution is 2.42. The first kappa shape index (κ1) is 20.6. The summed E-state index contributed by atoms with van der Waals surface area (Å²) in [5.41, 5.74) is 13.2. The van der Waals surface area contributed by atoms with Gasteiger partial charge in [-0.05, 0) is 87.6 Å². The van der Waals surface area contributed by atoms with E-state index in [-0.39, 0.29) is 0 Å². The smallest absolute Gasteiger partial charge is 0.00106 e. The topological polar surface area (TPSA) is 0 Å². The van der Waals surface area contributed by atoms with Crippen LogP contribution >= 0.6 is 0 Å². The summed E-state index contributed by atoms with van der Waals surface area (Å²) in [4.78, 5) is 0. The average Bonchev–Trinajstić information content (AvgIpc) is 3.32. The van der Waals surface area contributed by atoms with Crippen LogP contribution in [-0.4, -0.2) is 0 Å². The van der Waals surface area contributed by atoms with Crippen molar-refractivity contribution in [2.75, 3.05) is 0 Å². The summed E-state index contributed by atoms with van der Waals surface area (Å²) in [6.45, 7) is 9.26. The molecule has 0 nitrogen and oxygen atoms in total. The van der Waals surface area contributed by atoms with Crippen molar-refractivity contribution in [1.29, 1.82) is 0 Å². The fraction of sp³-hybridized carbons (Fsp3) is 0.419. The summed E-state index contributed by atoms with van der Waals surface area (Å²) < 4.78 is 0. The quantitative estimate of drug-likeness (QED) is 0.468. The van der Waals surface area contributed by atoms with Crippen molar-refractivity contribution in [1.82, 2.24) is 0 Å². The van der Waals surface area contributed by atoms with Gasteiger partial charge in [0.05, 0.1) is 0 Å². The molecule has 0 aliphatic heterocycles. The van der Waals surface area contributed by atoms with E-state index in [9.17, 15) is 0 Å². The standard InChI is InChI=1S/C31H36/c1-21(2)17-25-15-16-28-22(3)27(19-26-14-13-24-11-7-8-12-29(24)26)20-31(28)30(25)18-23-9-5-4-6-10-23/h7-8,11-12,14-16,19,21,23H,3-6,9-10,13,17-18,20H2,1-2H3/b27-19+. The van der Waals surface area contributed by atoms with Gasteiger partial charge >= 0.3 is 0 Å². The van der Waals surface area contributed by atoms with E-state index in [0.717, 1.165) is 18.8 Å². The first-order valence-electron chi connectivity index (χ1n) is 12.4. The van der Waals surface area contributed by atoms with E-state index in [1.54, 1.807) is 16.7 Å². The second-order valence-corrected chi connectivity index (χ2v) is 10.4. The maximum absolute atomic E-state index is 4.56. The first-order chi connectivity index (χ1) is 15.1. The van der Waals surface area contributed by atoms with E-state index in [1.807, 2.05) is 0 Å². The summed E-state index contributed by atoms with van der Waals surface area (Å²) in [5.74, 6) is 1.57. The molecule has 0 spiro atoms. The Hall–Kier alpha value is -2.34. The predicted molar refractivity (Wildman–Crippen MR) is 134 cm³/mol. The van der Waals surface area contributed by atoms with Gasteiger partial charge in [0, 0.05) is 0 Å². The van der Waals surface area contributed by atoms with Crippen molar-refractivity contribution >= 4 is 11.1 Å². The van der Waals surface area contributed by atoms with Crippen LogP contribution in [0.1, 0.15) is 79.3 Å². The molecule has 3 aliphatic carbocycles. The van der Waals surface area contributed by atoms with Crippen molar-refractivity contribution in [3.8, 4) is 0 Å². The molecule has 0 saturated heterocycles. The second-order valence-electron chi connectivity index (χ2n) is 10.4. The van der Waals surface area contributed by atoms with Crippen molar-refractivity contribution in [2.45, 2.75) is 71.6 Å². The lowest BCUT2D eigenvalue weighted by Crippen LogP contribution is -2.13. The molecule has 0 heterocycles. The van der Waals surface area contributed by atoms with Crippen LogP contribution in [0.5, 0.6) is 0 Å². The third-order valence-electron chi connectivity index (χ3n) is 7.65. The van der Waals surface area contributed by atoms with Gasteiger partial charge in [-0.3, -0.25) is 0 Å². The average molecular weight is 409 g/mol. The van der Waals surface area contributed by atoms with Gasteiger partial charge in [-0.25, -0.2) is 0 Å². The molecule has 160 valence electrons. The molecule has 1 saturated carbocycles. The van der Waals surface area contributed by atoms with Crippen LogP contribution in [0.3, 0.4) is 0 Å². The molecular formula is C31H36. The molecule has 31 heavy (non-hydrogen) atoms. The summed E-state index contributed by atoms with van der Waals surface area (Å²) >= 11 is 0. The molecule has 0 radical (unpaired) electrons. The Morgan fingerprint density at radius 1 is 1.00 bits per heavy atom. The van der Waals surface area contributed by atoms with Gasteiger partial charge in [0.2, 0.25) is 0 Å². The summed E-state index contributed by atoms with van der Waals surface area (Å²) in [5, 5.41) is 0. The lowest BCUT2D eigenvalue weighted by atomic mass is 9.80. The van der Waals surface area contributed by atoms with Crippen molar-refractivity contribution in [3.05, 3.63) is 94.1 Å². The molecule has 2 aromatic carbocycles. The molecule has 2 aromatic rings. The minimum Gasteiger partial charge on any atom is -0.0909 e. The molecule has 5 rings (SSSR count). The molecule has 0 atom stereocenters. The van der Waals surface area contributed by atoms with Crippen LogP contribution < -0.4 is 0 Å². The van der Waals surface area contributed by atoms with Gasteiger partial charge in [-0.1, -0.05) is 101 Å². The van der Waals surface area contributed by atoms with Crippen molar-refractivity contribution in [3.63, 3.8) is 0 Å². The Morgan fingerprint density at radius 3 is 2.61 bits per heavy atom. The van der Waals surface area contributed by atoms with Gasteiger partial charge in [-0.2, -0.15) is 0 Å². The summed E-state index contributed by atoms with van der Waals surface area (Å²) in [6.07, 6.45) is 16.5. The number of allylic oxidation sites excluding steroid dienone is 5. The Kier molecular flexibility index (Phi) is 5.74. The molecule has 3 aliphatic rings. The third kappa shape index (κ3) is 4.10. The van der Waals surface area contributed by atoms with E-state index in [4.69, 9.17) is 0 Å². The van der Waals surface area contributed by atoms with Crippen LogP contribution in [0, 0.1) is 11.8 Å². The van der Waals surface area contributed by atoms with Gasteiger partial charge in [-0.15, -0.1) is 0 Å². The van der Waals surface area contributed by atoms with Crippen LogP contribution in [0.15, 0.2) is 60.7 Å². The maximum Gasteiger partial charge on any atom is -0.00106 e. The van der Waals surface area contributed by atoms with Crippen LogP contribution in [0.2, 0.25) is 0 Å². The Bertz CT molecular complexity index is 1050. The molecule has 0 unspecified atom stereocenters. The molecule has 0 N–H and O–H groups in total. The minimum absolute atomic E-state index is 0.697. The van der Waals surface area contributed by atoms with Gasteiger partial charge in [0.25, 0.3) is 0 Å². The largest absolute Gasteiger partial charge is 0.0909 e. The zero-order valence-corrected chi connectivity index (χ0v) is 19.3. The highest BCUT2D eigenvalue weighted by molar-refractivity contribution is 5.91. The Balaban J connectivity index is 1.49. The second kappa shape index (κ2) is 8.65. The van der Waals surface area contributed by atoms with Gasteiger partial charge in [0.1, 0.15) is 0 Å². The van der Waals surface area contributed by atoms with Crippen LogP contribution in [-0.2, 0) is 25.7 Å². The molecule has 1 fully saturated rings. The van der Waals surface area contributed by atoms with Crippen molar-refractivity contribution < 1.29 is 0 Å². The number of rotatable bonds is 5. The fourth-order valence-corrected chi connectivity index (χ4v) is 6.03. The summed E-state index contributed by atoms with van der Waals surface area (Å²) in [6, 6.07) is 13.6. The molecule has 0 bridgehead atoms. The fourth-order valence-electron chi connectivity index (χ4n) is 6.03. The lowest BCUT2D eigenvalue weighted by molar-refractivity contribution is 0.355. The molecule has 0 heteroatoms. The Labute approximate surface area is 188 Å². The van der Waals surface area contributed by atoms with Crippen LogP contribution in [0.4, 0.5) is 0 Å². The normalized spacial score (nSPS) is 19.8. The van der Waals surface area contributed by atoms with E-state index in [2.05, 4.69) is 69.0 Å². The van der Waals surface area contributed by atoms with E-state index in [1.165, 1.54) is 78.4 Å². The number of fused-ring (bicyclic) bond motifs is 2. The molecule has 0 amide bonds. The van der Waals surface area contributed by atoms with Crippen LogP contribution in [0.25, 0.3) is 11.1 Å². The highest BCUT2D eigenvalue weighted by atomic mass is 14.3. The lowest BCUT2D eigenvalue weighted by Gasteiger charge is -2.25. The number of benzene rings is 2. The molecule has 0 aromatic heterocycles. The minimum atomic E-state index is 0.697. The van der Waals surface area contributed by atoms with Gasteiger partial charge in [0.15, 0.2) is 0 Å². The SMILES string of the molecule is C=C1/C(=C/C2=CCc3ccccc32)Cc2c1ccc(CC(C)C)c2CC1CCCCC1.